The van der Waals surface area contributed by atoms with Crippen LogP contribution in [0.1, 0.15) is 31.7 Å². The average Bonchev–Trinajstić information content (AvgIpc) is 2.91. The van der Waals surface area contributed by atoms with Gasteiger partial charge in [-0.15, -0.1) is 0 Å². The number of carbonyl (C=O) groups is 1. The van der Waals surface area contributed by atoms with Gasteiger partial charge in [-0.05, 0) is 50.1 Å². The van der Waals surface area contributed by atoms with Crippen LogP contribution in [-0.4, -0.2) is 28.7 Å². The standard InChI is InChI=1S/C14H15BF2N2O2/c1-9-7-10(2)18-13(9)8-12-4-3-11(5-6-14(20)21)19(12)15(16)17/h3-4,7-8H,5-6H2,1-2H3,(H,20,21)/b13-8-. The number of allylic oxidation sites excluding steroid dienone is 2. The van der Waals surface area contributed by atoms with E-state index < -0.39 is 13.4 Å². The summed E-state index contributed by atoms with van der Waals surface area (Å²) in [6.45, 7) is 3.71. The minimum Gasteiger partial charge on any atom is -0.481 e. The van der Waals surface area contributed by atoms with Crippen molar-refractivity contribution in [3.05, 3.63) is 40.9 Å². The molecule has 0 saturated heterocycles. The highest BCUT2D eigenvalue weighted by Gasteiger charge is 2.23. The number of hydrogen-bond donors (Lipinski definition) is 1. The molecule has 1 aromatic rings. The summed E-state index contributed by atoms with van der Waals surface area (Å²) in [5, 5.41) is 8.67. The quantitative estimate of drug-likeness (QED) is 0.848. The van der Waals surface area contributed by atoms with Gasteiger partial charge in [-0.2, -0.15) is 0 Å². The van der Waals surface area contributed by atoms with Crippen LogP contribution in [0.2, 0.25) is 0 Å². The van der Waals surface area contributed by atoms with Gasteiger partial charge in [-0.25, -0.2) is 0 Å². The number of nitrogens with zero attached hydrogens (tertiary/aromatic N) is 2. The molecule has 7 heteroatoms. The van der Waals surface area contributed by atoms with E-state index in [9.17, 15) is 13.4 Å². The zero-order valence-electron chi connectivity index (χ0n) is 11.8. The van der Waals surface area contributed by atoms with Gasteiger partial charge in [0.15, 0.2) is 0 Å². The molecule has 21 heavy (non-hydrogen) atoms. The fourth-order valence-corrected chi connectivity index (χ4v) is 2.29. The fourth-order valence-electron chi connectivity index (χ4n) is 2.29. The third-order valence-corrected chi connectivity index (χ3v) is 3.24. The van der Waals surface area contributed by atoms with Crippen molar-refractivity contribution in [2.75, 3.05) is 0 Å². The Balaban J connectivity index is 2.35. The van der Waals surface area contributed by atoms with Crippen LogP contribution >= 0.6 is 0 Å². The number of aromatic nitrogens is 1. The first kappa shape index (κ1) is 15.2. The van der Waals surface area contributed by atoms with Gasteiger partial charge in [0.25, 0.3) is 0 Å². The number of carboxylic acids is 1. The predicted molar refractivity (Wildman–Crippen MR) is 78.6 cm³/mol. The third-order valence-electron chi connectivity index (χ3n) is 3.24. The lowest BCUT2D eigenvalue weighted by Gasteiger charge is -2.08. The molecule has 1 aliphatic heterocycles. The Labute approximate surface area is 121 Å². The smallest absolute Gasteiger partial charge is 0.481 e. The molecule has 1 aromatic heterocycles. The second kappa shape index (κ2) is 6.07. The molecule has 0 radical (unpaired) electrons. The van der Waals surface area contributed by atoms with Crippen LogP contribution in [-0.2, 0) is 11.2 Å². The highest BCUT2D eigenvalue weighted by molar-refractivity contribution is 6.41. The first-order valence-electron chi connectivity index (χ1n) is 6.54. The number of aliphatic carboxylic acids is 1. The van der Waals surface area contributed by atoms with Crippen molar-refractivity contribution in [2.24, 2.45) is 4.99 Å². The number of hydrogen-bond acceptors (Lipinski definition) is 2. The second-order valence-electron chi connectivity index (χ2n) is 4.90. The molecule has 4 nitrogen and oxygen atoms in total. The molecule has 1 aliphatic rings. The summed E-state index contributed by atoms with van der Waals surface area (Å²) in [6, 6.07) is 3.10. The lowest BCUT2D eigenvalue weighted by atomic mass is 10.1. The van der Waals surface area contributed by atoms with Gasteiger partial charge in [-0.1, -0.05) is 0 Å². The Morgan fingerprint density at radius 3 is 2.67 bits per heavy atom. The van der Waals surface area contributed by atoms with E-state index >= 15 is 0 Å². The Morgan fingerprint density at radius 2 is 2.14 bits per heavy atom. The second-order valence-corrected chi connectivity index (χ2v) is 4.90. The monoisotopic (exact) mass is 292 g/mol. The fraction of sp³-hybridized carbons (Fsp3) is 0.286. The van der Waals surface area contributed by atoms with Gasteiger partial charge in [-0.3, -0.25) is 18.4 Å². The Bertz CT molecular complexity index is 660. The van der Waals surface area contributed by atoms with Crippen LogP contribution in [0.5, 0.6) is 0 Å². The number of rotatable bonds is 5. The van der Waals surface area contributed by atoms with Gasteiger partial charge in [0.2, 0.25) is 0 Å². The van der Waals surface area contributed by atoms with E-state index in [1.807, 2.05) is 19.9 Å². The van der Waals surface area contributed by atoms with E-state index in [2.05, 4.69) is 4.99 Å². The summed E-state index contributed by atoms with van der Waals surface area (Å²) in [7, 11) is -2.72. The molecule has 0 unspecified atom stereocenters. The van der Waals surface area contributed by atoms with Crippen LogP contribution in [0, 0.1) is 0 Å². The summed E-state index contributed by atoms with van der Waals surface area (Å²) in [6.07, 6.45) is 3.37. The Hall–Kier alpha value is -2.18. The van der Waals surface area contributed by atoms with Crippen LogP contribution in [0.15, 0.2) is 34.5 Å². The molecule has 0 saturated carbocycles. The van der Waals surface area contributed by atoms with E-state index in [4.69, 9.17) is 5.11 Å². The molecule has 0 spiro atoms. The van der Waals surface area contributed by atoms with Crippen LogP contribution < -0.4 is 0 Å². The molecule has 0 bridgehead atoms. The first-order chi connectivity index (χ1) is 9.88. The van der Waals surface area contributed by atoms with Crippen LogP contribution in [0.25, 0.3) is 6.08 Å². The Kier molecular flexibility index (Phi) is 4.40. The van der Waals surface area contributed by atoms with Crippen molar-refractivity contribution >= 4 is 25.2 Å². The minimum absolute atomic E-state index is 0.0694. The van der Waals surface area contributed by atoms with E-state index in [1.165, 1.54) is 6.07 Å². The summed E-state index contributed by atoms with van der Waals surface area (Å²) in [5.41, 5.74) is 3.03. The summed E-state index contributed by atoms with van der Waals surface area (Å²) >= 11 is 0. The van der Waals surface area contributed by atoms with Crippen molar-refractivity contribution in [3.8, 4) is 0 Å². The van der Waals surface area contributed by atoms with Crippen molar-refractivity contribution in [3.63, 3.8) is 0 Å². The van der Waals surface area contributed by atoms with Crippen LogP contribution in [0.3, 0.4) is 0 Å². The molecule has 2 rings (SSSR count). The van der Waals surface area contributed by atoms with Gasteiger partial charge in [0.1, 0.15) is 0 Å². The lowest BCUT2D eigenvalue weighted by Crippen LogP contribution is -2.18. The highest BCUT2D eigenvalue weighted by atomic mass is 19.2. The molecule has 0 aromatic carbocycles. The first-order valence-corrected chi connectivity index (χ1v) is 6.54. The minimum atomic E-state index is -2.72. The molecule has 110 valence electrons. The van der Waals surface area contributed by atoms with Crippen molar-refractivity contribution in [1.29, 1.82) is 0 Å². The summed E-state index contributed by atoms with van der Waals surface area (Å²) in [4.78, 5) is 14.9. The number of halogens is 2. The normalized spacial score (nSPS) is 16.1. The largest absolute Gasteiger partial charge is 0.677 e. The van der Waals surface area contributed by atoms with E-state index in [-0.39, 0.29) is 12.8 Å². The van der Waals surface area contributed by atoms with Gasteiger partial charge in [0, 0.05) is 17.1 Å². The molecular formula is C14H15BF2N2O2. The van der Waals surface area contributed by atoms with Gasteiger partial charge in [0.05, 0.1) is 12.1 Å². The van der Waals surface area contributed by atoms with Gasteiger partial charge < -0.3 is 9.58 Å². The summed E-state index contributed by atoms with van der Waals surface area (Å²) < 4.78 is 27.3. The molecule has 1 N–H and O–H groups in total. The van der Waals surface area contributed by atoms with E-state index in [0.29, 0.717) is 17.1 Å². The number of aryl methyl sites for hydroxylation is 1. The molecule has 0 amide bonds. The average molecular weight is 292 g/mol. The van der Waals surface area contributed by atoms with Crippen LogP contribution in [0.4, 0.5) is 8.63 Å². The lowest BCUT2D eigenvalue weighted by molar-refractivity contribution is -0.136. The third kappa shape index (κ3) is 3.48. The van der Waals surface area contributed by atoms with Crippen molar-refractivity contribution < 1.29 is 18.5 Å². The molecule has 0 fully saturated rings. The zero-order chi connectivity index (χ0) is 15.6. The molecule has 2 heterocycles. The molecule has 0 aliphatic carbocycles. The molecular weight excluding hydrogens is 277 g/mol. The van der Waals surface area contributed by atoms with E-state index in [0.717, 1.165) is 15.8 Å². The maximum atomic E-state index is 13.2. The Morgan fingerprint density at radius 1 is 1.43 bits per heavy atom. The number of aliphatic imine (C=N–C) groups is 1. The summed E-state index contributed by atoms with van der Waals surface area (Å²) in [5.74, 6) is -1.01. The topological polar surface area (TPSA) is 54.6 Å². The highest BCUT2D eigenvalue weighted by Crippen LogP contribution is 2.23. The molecule has 0 atom stereocenters. The SMILES string of the molecule is CC1=CC(C)=N/C1=C\c1ccc(CCC(=O)O)n1B(F)F. The maximum absolute atomic E-state index is 13.2. The number of carboxylic acid groups (broad SMARTS) is 1. The van der Waals surface area contributed by atoms with Crippen molar-refractivity contribution in [1.82, 2.24) is 4.48 Å². The zero-order valence-corrected chi connectivity index (χ0v) is 11.8. The van der Waals surface area contributed by atoms with Gasteiger partial charge >= 0.3 is 13.4 Å². The van der Waals surface area contributed by atoms with Crippen molar-refractivity contribution in [2.45, 2.75) is 26.7 Å². The predicted octanol–water partition coefficient (Wildman–Crippen LogP) is 3.04. The van der Waals surface area contributed by atoms with E-state index in [1.54, 1.807) is 12.1 Å². The maximum Gasteiger partial charge on any atom is 0.677 e.